The van der Waals surface area contributed by atoms with E-state index >= 15 is 0 Å². The molecule has 4 heavy (non-hydrogen) atoms. The second-order valence-electron chi connectivity index (χ2n) is 0.177. The first-order chi connectivity index (χ1) is 1.73. The van der Waals surface area contributed by atoms with Gasteiger partial charge in [0.15, 0.2) is 0 Å². The Labute approximate surface area is 26.1 Å². The molecular weight excluding hydrogens is 104 g/mol. The normalized spacial score (nSPS) is 8.25. The van der Waals surface area contributed by atoms with Crippen molar-refractivity contribution in [2.24, 2.45) is 0 Å². The van der Waals surface area contributed by atoms with Crippen LogP contribution < -0.4 is 0 Å². The monoisotopic (exact) mass is 104 g/mol. The fraction of sp³-hybridized carbons (Fsp3) is 0. The van der Waals surface area contributed by atoms with Gasteiger partial charge in [0.2, 0.25) is 0 Å². The molecule has 0 aliphatic rings. The van der Waals surface area contributed by atoms with E-state index in [9.17, 15) is 0 Å². The summed E-state index contributed by atoms with van der Waals surface area (Å²) in [4.78, 5) is 0. The van der Waals surface area contributed by atoms with Crippen LogP contribution in [0.25, 0.3) is 0 Å². The van der Waals surface area contributed by atoms with Crippen molar-refractivity contribution in [3.8, 4) is 0 Å². The average Bonchev–Trinajstić information content (AvgIpc) is 0.811. The van der Waals surface area contributed by atoms with E-state index in [1.165, 1.54) is 0 Å². The minimum atomic E-state index is -3.50. The van der Waals surface area contributed by atoms with Crippen LogP contribution in [0.1, 0.15) is 0 Å². The fourth-order valence-electron chi connectivity index (χ4n) is 0. The van der Waals surface area contributed by atoms with Crippen molar-refractivity contribution in [1.82, 2.24) is 0 Å². The summed E-state index contributed by atoms with van der Waals surface area (Å²) in [6.45, 7) is 0. The minimum absolute atomic E-state index is 3.50. The second kappa shape index (κ2) is 1.26. The average molecular weight is 104 g/mol. The summed E-state index contributed by atoms with van der Waals surface area (Å²) in [5.74, 6) is 0. The van der Waals surface area contributed by atoms with Crippen LogP contribution in [0, 0.1) is 0 Å². The van der Waals surface area contributed by atoms with E-state index in [-0.39, 0.29) is 0 Å². The second-order valence-corrected chi connectivity index (χ2v) is 0.729. The SMILES string of the molecule is [O]=[Fe](=[O])=[O]. The van der Waals surface area contributed by atoms with Crippen molar-refractivity contribution < 1.29 is 25.2 Å². The number of hydrogen-bond donors (Lipinski definition) is 0. The molecule has 0 spiro atoms. The van der Waals surface area contributed by atoms with E-state index < -0.39 is 13.7 Å². The summed E-state index contributed by atoms with van der Waals surface area (Å²) in [6, 6.07) is 0. The molecule has 0 N–H and O–H groups in total. The molecule has 26 valence electrons. The van der Waals surface area contributed by atoms with Crippen molar-refractivity contribution in [2.75, 3.05) is 0 Å². The molecule has 0 amide bonds. The van der Waals surface area contributed by atoms with Crippen LogP contribution in [0.3, 0.4) is 0 Å². The van der Waals surface area contributed by atoms with E-state index in [2.05, 4.69) is 0 Å². The molecule has 0 aliphatic carbocycles. The summed E-state index contributed by atoms with van der Waals surface area (Å²) in [5, 5.41) is 0. The van der Waals surface area contributed by atoms with E-state index in [1.807, 2.05) is 0 Å². The van der Waals surface area contributed by atoms with Gasteiger partial charge in [0.25, 0.3) is 0 Å². The molecule has 0 aromatic carbocycles. The third kappa shape index (κ3) is 250. The van der Waals surface area contributed by atoms with Gasteiger partial charge in [-0.3, -0.25) is 0 Å². The van der Waals surface area contributed by atoms with Crippen LogP contribution in [-0.4, -0.2) is 0 Å². The Balaban J connectivity index is 4.65. The first kappa shape index (κ1) is 3.92. The summed E-state index contributed by atoms with van der Waals surface area (Å²) < 4.78 is 25.5. The molecule has 0 rings (SSSR count). The predicted molar refractivity (Wildman–Crippen MR) is 2.06 cm³/mol. The topological polar surface area (TPSA) is 51.2 Å². The first-order valence-electron chi connectivity index (χ1n) is 0.433. The molecule has 0 unspecified atom stereocenters. The standard InChI is InChI=1S/Fe.3O. The molecule has 0 atom stereocenters. The number of hydrogen-bond acceptors (Lipinski definition) is 3. The van der Waals surface area contributed by atoms with Crippen LogP contribution in [0.4, 0.5) is 0 Å². The molecule has 4 heteroatoms. The molecule has 0 saturated heterocycles. The Morgan fingerprint density at radius 3 is 1.00 bits per heavy atom. The van der Waals surface area contributed by atoms with Crippen LogP contribution >= 0.6 is 0 Å². The van der Waals surface area contributed by atoms with Crippen LogP contribution in [0.5, 0.6) is 0 Å². The summed E-state index contributed by atoms with van der Waals surface area (Å²) >= 11 is -3.50. The molecule has 0 aliphatic heterocycles. The first-order valence-corrected chi connectivity index (χ1v) is 1.79. The maximum absolute atomic E-state index is 8.50. The molecular formula is FeO3. The third-order valence-corrected chi connectivity index (χ3v) is 0. The van der Waals surface area contributed by atoms with Gasteiger partial charge in [0, 0.05) is 0 Å². The summed E-state index contributed by atoms with van der Waals surface area (Å²) in [6.07, 6.45) is 0. The predicted octanol–water partition coefficient (Wildman–Crippen LogP) is -0.359. The Hall–Kier alpha value is -0.0805. The third-order valence-electron chi connectivity index (χ3n) is 0. The van der Waals surface area contributed by atoms with Crippen molar-refractivity contribution in [2.45, 2.75) is 0 Å². The summed E-state index contributed by atoms with van der Waals surface area (Å²) in [7, 11) is 0. The summed E-state index contributed by atoms with van der Waals surface area (Å²) in [5.41, 5.74) is 0. The Morgan fingerprint density at radius 1 is 1.00 bits per heavy atom. The quantitative estimate of drug-likeness (QED) is 0.394. The Bertz CT molecular complexity index is 72.7. The van der Waals surface area contributed by atoms with Crippen LogP contribution in [0.15, 0.2) is 0 Å². The van der Waals surface area contributed by atoms with Gasteiger partial charge < -0.3 is 0 Å². The van der Waals surface area contributed by atoms with Gasteiger partial charge in [0.1, 0.15) is 0 Å². The maximum atomic E-state index is 8.50. The molecule has 0 aromatic rings. The molecule has 0 radical (unpaired) electrons. The molecule has 0 aromatic heterocycles. The Kier molecular flexibility index (Phi) is 1.24. The molecule has 0 bridgehead atoms. The van der Waals surface area contributed by atoms with Gasteiger partial charge >= 0.3 is 25.2 Å². The molecule has 3 nitrogen and oxygen atoms in total. The zero-order chi connectivity index (χ0) is 3.58. The van der Waals surface area contributed by atoms with E-state index in [0.717, 1.165) is 0 Å². The number of rotatable bonds is 0. The molecule has 0 fully saturated rings. The van der Waals surface area contributed by atoms with Crippen molar-refractivity contribution in [1.29, 1.82) is 0 Å². The zero-order valence-electron chi connectivity index (χ0n) is 1.58. The fourth-order valence-corrected chi connectivity index (χ4v) is 0. The van der Waals surface area contributed by atoms with Crippen molar-refractivity contribution >= 4 is 0 Å². The van der Waals surface area contributed by atoms with E-state index in [0.29, 0.717) is 0 Å². The molecule has 0 saturated carbocycles. The van der Waals surface area contributed by atoms with Gasteiger partial charge in [-0.15, -0.1) is 0 Å². The van der Waals surface area contributed by atoms with Crippen molar-refractivity contribution in [3.05, 3.63) is 0 Å². The zero-order valence-corrected chi connectivity index (χ0v) is 2.68. The van der Waals surface area contributed by atoms with E-state index in [1.54, 1.807) is 0 Å². The van der Waals surface area contributed by atoms with Crippen molar-refractivity contribution in [3.63, 3.8) is 0 Å². The van der Waals surface area contributed by atoms with E-state index in [4.69, 9.17) is 11.5 Å². The van der Waals surface area contributed by atoms with Gasteiger partial charge in [-0.1, -0.05) is 0 Å². The van der Waals surface area contributed by atoms with Gasteiger partial charge in [-0.2, -0.15) is 0 Å². The Morgan fingerprint density at radius 2 is 1.00 bits per heavy atom. The van der Waals surface area contributed by atoms with Crippen LogP contribution in [0.2, 0.25) is 0 Å². The van der Waals surface area contributed by atoms with Crippen LogP contribution in [-0.2, 0) is 25.2 Å². The van der Waals surface area contributed by atoms with Gasteiger partial charge in [-0.05, 0) is 0 Å². The molecule has 0 heterocycles. The van der Waals surface area contributed by atoms with Gasteiger partial charge in [-0.25, -0.2) is 0 Å². The van der Waals surface area contributed by atoms with Gasteiger partial charge in [0.05, 0.1) is 0 Å².